The molecule has 0 aromatic carbocycles. The third kappa shape index (κ3) is 5.41. The van der Waals surface area contributed by atoms with Gasteiger partial charge in [0.1, 0.15) is 0 Å². The Balaban J connectivity index is 4.02. The van der Waals surface area contributed by atoms with Crippen LogP contribution in [0.2, 0.25) is 0 Å². The average molecular weight is 197 g/mol. The van der Waals surface area contributed by atoms with E-state index in [4.69, 9.17) is 0 Å². The zero-order valence-corrected chi connectivity index (χ0v) is 10.5. The SMILES string of the molecule is CCCCC(=NC)C(CC)CCCC. The van der Waals surface area contributed by atoms with E-state index in [0.29, 0.717) is 0 Å². The molecule has 0 radical (unpaired) electrons. The Kier molecular flexibility index (Phi) is 9.02. The molecule has 0 aliphatic rings. The molecule has 0 aromatic heterocycles. The van der Waals surface area contributed by atoms with Crippen molar-refractivity contribution in [2.24, 2.45) is 10.9 Å². The number of rotatable bonds is 8. The van der Waals surface area contributed by atoms with Gasteiger partial charge < -0.3 is 0 Å². The van der Waals surface area contributed by atoms with Crippen molar-refractivity contribution in [1.29, 1.82) is 0 Å². The molecule has 1 unspecified atom stereocenters. The molecule has 0 saturated carbocycles. The minimum atomic E-state index is 0.756. The molecule has 0 fully saturated rings. The van der Waals surface area contributed by atoms with Gasteiger partial charge in [-0.15, -0.1) is 0 Å². The largest absolute Gasteiger partial charge is 0.297 e. The van der Waals surface area contributed by atoms with E-state index >= 15 is 0 Å². The van der Waals surface area contributed by atoms with E-state index in [-0.39, 0.29) is 0 Å². The summed E-state index contributed by atoms with van der Waals surface area (Å²) in [7, 11) is 1.96. The molecule has 1 heteroatoms. The highest BCUT2D eigenvalue weighted by Gasteiger charge is 2.11. The molecule has 0 heterocycles. The summed E-state index contributed by atoms with van der Waals surface area (Å²) in [6, 6.07) is 0. The van der Waals surface area contributed by atoms with Crippen LogP contribution in [-0.4, -0.2) is 12.8 Å². The molecule has 84 valence electrons. The van der Waals surface area contributed by atoms with Crippen molar-refractivity contribution in [2.45, 2.75) is 65.7 Å². The van der Waals surface area contributed by atoms with Crippen LogP contribution in [0.3, 0.4) is 0 Å². The normalized spacial score (nSPS) is 14.4. The summed E-state index contributed by atoms with van der Waals surface area (Å²) >= 11 is 0. The second-order valence-electron chi connectivity index (χ2n) is 4.07. The van der Waals surface area contributed by atoms with Gasteiger partial charge in [-0.2, -0.15) is 0 Å². The van der Waals surface area contributed by atoms with Crippen molar-refractivity contribution in [2.75, 3.05) is 7.05 Å². The van der Waals surface area contributed by atoms with Crippen LogP contribution in [0.4, 0.5) is 0 Å². The van der Waals surface area contributed by atoms with Crippen molar-refractivity contribution in [3.05, 3.63) is 0 Å². The highest BCUT2D eigenvalue weighted by molar-refractivity contribution is 5.86. The highest BCUT2D eigenvalue weighted by Crippen LogP contribution is 2.17. The Morgan fingerprint density at radius 1 is 1.07 bits per heavy atom. The number of hydrogen-bond acceptors (Lipinski definition) is 1. The van der Waals surface area contributed by atoms with Gasteiger partial charge in [-0.3, -0.25) is 4.99 Å². The van der Waals surface area contributed by atoms with E-state index in [9.17, 15) is 0 Å². The molecule has 0 saturated heterocycles. The van der Waals surface area contributed by atoms with Crippen LogP contribution >= 0.6 is 0 Å². The van der Waals surface area contributed by atoms with Crippen LogP contribution in [0.15, 0.2) is 4.99 Å². The quantitative estimate of drug-likeness (QED) is 0.509. The lowest BCUT2D eigenvalue weighted by Gasteiger charge is -2.16. The van der Waals surface area contributed by atoms with Gasteiger partial charge in [0.2, 0.25) is 0 Å². The summed E-state index contributed by atoms with van der Waals surface area (Å²) < 4.78 is 0. The fraction of sp³-hybridized carbons (Fsp3) is 0.923. The lowest BCUT2D eigenvalue weighted by Crippen LogP contribution is -2.13. The first-order valence-electron chi connectivity index (χ1n) is 6.25. The third-order valence-electron chi connectivity index (χ3n) is 2.94. The van der Waals surface area contributed by atoms with Gasteiger partial charge in [0, 0.05) is 12.8 Å². The Hall–Kier alpha value is -0.330. The standard InChI is InChI=1S/C13H27N/c1-5-8-10-12(7-3)13(14-4)11-9-6-2/h12H,5-11H2,1-4H3. The van der Waals surface area contributed by atoms with E-state index in [2.05, 4.69) is 25.8 Å². The van der Waals surface area contributed by atoms with Crippen molar-refractivity contribution >= 4 is 5.71 Å². The lowest BCUT2D eigenvalue weighted by molar-refractivity contribution is 0.556. The molecule has 1 atom stereocenters. The Morgan fingerprint density at radius 2 is 1.71 bits per heavy atom. The van der Waals surface area contributed by atoms with Gasteiger partial charge >= 0.3 is 0 Å². The smallest absolute Gasteiger partial charge is 0.0276 e. The maximum absolute atomic E-state index is 4.47. The van der Waals surface area contributed by atoms with Crippen LogP contribution in [0.25, 0.3) is 0 Å². The van der Waals surface area contributed by atoms with Crippen LogP contribution in [0.5, 0.6) is 0 Å². The molecule has 0 aliphatic carbocycles. The van der Waals surface area contributed by atoms with Gasteiger partial charge in [-0.25, -0.2) is 0 Å². The molecule has 0 aromatic rings. The summed E-state index contributed by atoms with van der Waals surface area (Å²) in [5.41, 5.74) is 1.46. The highest BCUT2D eigenvalue weighted by atomic mass is 14.7. The number of nitrogens with zero attached hydrogens (tertiary/aromatic N) is 1. The summed E-state index contributed by atoms with van der Waals surface area (Å²) in [4.78, 5) is 4.47. The summed E-state index contributed by atoms with van der Waals surface area (Å²) in [6.07, 6.45) is 9.05. The second kappa shape index (κ2) is 9.23. The summed E-state index contributed by atoms with van der Waals surface area (Å²) in [6.45, 7) is 6.80. The third-order valence-corrected chi connectivity index (χ3v) is 2.94. The van der Waals surface area contributed by atoms with Crippen molar-refractivity contribution < 1.29 is 0 Å². The predicted octanol–water partition coefficient (Wildman–Crippen LogP) is 4.46. The van der Waals surface area contributed by atoms with Crippen molar-refractivity contribution in [3.8, 4) is 0 Å². The zero-order chi connectivity index (χ0) is 10.8. The Labute approximate surface area is 90.0 Å². The molecule has 0 amide bonds. The lowest BCUT2D eigenvalue weighted by atomic mass is 9.91. The Morgan fingerprint density at radius 3 is 2.14 bits per heavy atom. The topological polar surface area (TPSA) is 12.4 Å². The van der Waals surface area contributed by atoms with Crippen LogP contribution in [0, 0.1) is 5.92 Å². The molecule has 0 N–H and O–H groups in total. The van der Waals surface area contributed by atoms with Gasteiger partial charge in [-0.1, -0.05) is 40.0 Å². The first-order chi connectivity index (χ1) is 6.79. The fourth-order valence-corrected chi connectivity index (χ4v) is 1.91. The van der Waals surface area contributed by atoms with E-state index < -0.39 is 0 Å². The summed E-state index contributed by atoms with van der Waals surface area (Å²) in [5, 5.41) is 0. The van der Waals surface area contributed by atoms with Gasteiger partial charge in [-0.05, 0) is 31.6 Å². The number of hydrogen-bond donors (Lipinski definition) is 0. The fourth-order valence-electron chi connectivity index (χ4n) is 1.91. The van der Waals surface area contributed by atoms with Crippen LogP contribution in [-0.2, 0) is 0 Å². The predicted molar refractivity (Wildman–Crippen MR) is 66.2 cm³/mol. The molecule has 0 aliphatic heterocycles. The van der Waals surface area contributed by atoms with Gasteiger partial charge in [0.15, 0.2) is 0 Å². The van der Waals surface area contributed by atoms with Crippen molar-refractivity contribution in [1.82, 2.24) is 0 Å². The number of unbranched alkanes of at least 4 members (excludes halogenated alkanes) is 2. The van der Waals surface area contributed by atoms with E-state index in [1.165, 1.54) is 50.7 Å². The number of aliphatic imine (C=N–C) groups is 1. The zero-order valence-electron chi connectivity index (χ0n) is 10.5. The maximum atomic E-state index is 4.47. The maximum Gasteiger partial charge on any atom is 0.0276 e. The molecule has 1 nitrogen and oxygen atoms in total. The van der Waals surface area contributed by atoms with E-state index in [0.717, 1.165) is 5.92 Å². The first-order valence-corrected chi connectivity index (χ1v) is 6.25. The molecule has 0 spiro atoms. The molecular formula is C13H27N. The minimum Gasteiger partial charge on any atom is -0.297 e. The van der Waals surface area contributed by atoms with Crippen LogP contribution < -0.4 is 0 Å². The average Bonchev–Trinajstić information content (AvgIpc) is 2.23. The second-order valence-corrected chi connectivity index (χ2v) is 4.07. The minimum absolute atomic E-state index is 0.756. The van der Waals surface area contributed by atoms with E-state index in [1.807, 2.05) is 7.05 Å². The Bertz CT molecular complexity index is 149. The monoisotopic (exact) mass is 197 g/mol. The first kappa shape index (κ1) is 13.7. The van der Waals surface area contributed by atoms with Gasteiger partial charge in [0.05, 0.1) is 0 Å². The molecule has 14 heavy (non-hydrogen) atoms. The molecule has 0 bridgehead atoms. The molecule has 0 rings (SSSR count). The summed E-state index contributed by atoms with van der Waals surface area (Å²) in [5.74, 6) is 0.756. The molecular weight excluding hydrogens is 170 g/mol. The van der Waals surface area contributed by atoms with E-state index in [1.54, 1.807) is 0 Å². The van der Waals surface area contributed by atoms with Crippen LogP contribution in [0.1, 0.15) is 65.7 Å². The van der Waals surface area contributed by atoms with Crippen molar-refractivity contribution in [3.63, 3.8) is 0 Å². The van der Waals surface area contributed by atoms with Gasteiger partial charge in [0.25, 0.3) is 0 Å².